The highest BCUT2D eigenvalue weighted by atomic mass is 31.2. The third-order valence-electron chi connectivity index (χ3n) is 4.34. The summed E-state index contributed by atoms with van der Waals surface area (Å²) in [4.78, 5) is 57.1. The van der Waals surface area contributed by atoms with Crippen molar-refractivity contribution in [1.82, 2.24) is 9.13 Å². The first-order valence-electron chi connectivity index (χ1n) is 8.87. The Morgan fingerprint density at radius 1 is 1.24 bits per heavy atom. The Hall–Kier alpha value is -2.63. The zero-order chi connectivity index (χ0) is 21.9. The molecular weight excluding hydrogens is 397 g/mol. The molecule has 0 aliphatic carbocycles. The first-order valence-corrected chi connectivity index (χ1v) is 10.0. The summed E-state index contributed by atoms with van der Waals surface area (Å²) < 4.78 is 6.55. The predicted octanol–water partition coefficient (Wildman–Crippen LogP) is 1.75. The largest absolute Gasteiger partial charge is 0.333 e. The van der Waals surface area contributed by atoms with Crippen molar-refractivity contribution in [2.75, 3.05) is 0 Å². The van der Waals surface area contributed by atoms with Crippen LogP contribution in [-0.4, -0.2) is 24.7 Å². The van der Waals surface area contributed by atoms with Crippen LogP contribution in [0.5, 0.6) is 0 Å². The Morgan fingerprint density at radius 3 is 2.41 bits per heavy atom. The van der Waals surface area contributed by atoms with Gasteiger partial charge in [-0.15, -0.1) is 0 Å². The van der Waals surface area contributed by atoms with Crippen LogP contribution in [0.15, 0.2) is 27.8 Å². The molecule has 0 aliphatic rings. The molecule has 2 aromatic rings. The highest BCUT2D eigenvalue weighted by Gasteiger charge is 2.27. The molecule has 154 valence electrons. The number of nitriles is 1. The molecular formula is C19H22N3O6P. The summed E-state index contributed by atoms with van der Waals surface area (Å²) in [7, 11) is -2.76. The van der Waals surface area contributed by atoms with E-state index < -0.39 is 38.3 Å². The van der Waals surface area contributed by atoms with Crippen LogP contribution in [0.4, 0.5) is 0 Å². The smallest absolute Gasteiger partial charge is 0.328 e. The van der Waals surface area contributed by atoms with Gasteiger partial charge >= 0.3 is 14.3 Å². The number of carbonyl (C=O) groups excluding carboxylic acids is 1. The van der Waals surface area contributed by atoms with Gasteiger partial charge in [0.2, 0.25) is 5.78 Å². The van der Waals surface area contributed by atoms with Crippen molar-refractivity contribution in [3.05, 3.63) is 67.0 Å². The molecule has 1 aromatic heterocycles. The Morgan fingerprint density at radius 2 is 1.90 bits per heavy atom. The lowest BCUT2D eigenvalue weighted by molar-refractivity contribution is 0.102. The van der Waals surface area contributed by atoms with E-state index in [0.29, 0.717) is 11.1 Å². The SMILES string of the molecule is CCn1c(C(=O)c2cc(C)cc(C#N)c2)c(C(C)C)c(=O)n(COP(O)O)c1=O. The molecule has 10 heteroatoms. The summed E-state index contributed by atoms with van der Waals surface area (Å²) in [6.45, 7) is 6.28. The second-order valence-electron chi connectivity index (χ2n) is 6.72. The van der Waals surface area contributed by atoms with Crippen LogP contribution in [0.3, 0.4) is 0 Å². The number of ketones is 1. The topological polar surface area (TPSA) is 135 Å². The molecule has 9 nitrogen and oxygen atoms in total. The average Bonchev–Trinajstić information content (AvgIpc) is 2.65. The molecule has 0 saturated carbocycles. The average molecular weight is 419 g/mol. The maximum absolute atomic E-state index is 13.3. The number of hydrogen-bond donors (Lipinski definition) is 2. The van der Waals surface area contributed by atoms with Crippen molar-refractivity contribution in [2.45, 2.75) is 46.9 Å². The van der Waals surface area contributed by atoms with Crippen molar-refractivity contribution in [3.8, 4) is 6.07 Å². The molecule has 0 saturated heterocycles. The molecule has 1 aromatic carbocycles. The molecule has 0 fully saturated rings. The minimum atomic E-state index is -2.76. The molecule has 0 unspecified atom stereocenters. The summed E-state index contributed by atoms with van der Waals surface area (Å²) in [5.74, 6) is -0.944. The first-order chi connectivity index (χ1) is 13.6. The predicted molar refractivity (Wildman–Crippen MR) is 106 cm³/mol. The number of carbonyl (C=O) groups is 1. The lowest BCUT2D eigenvalue weighted by Crippen LogP contribution is -2.45. The summed E-state index contributed by atoms with van der Waals surface area (Å²) in [5, 5.41) is 9.19. The summed E-state index contributed by atoms with van der Waals surface area (Å²) >= 11 is 0. The third-order valence-corrected chi connectivity index (χ3v) is 4.69. The van der Waals surface area contributed by atoms with Crippen LogP contribution in [0.25, 0.3) is 0 Å². The van der Waals surface area contributed by atoms with Crippen molar-refractivity contribution >= 4 is 14.4 Å². The highest BCUT2D eigenvalue weighted by Crippen LogP contribution is 2.25. The Bertz CT molecular complexity index is 1090. The molecule has 29 heavy (non-hydrogen) atoms. The summed E-state index contributed by atoms with van der Waals surface area (Å²) in [6, 6.07) is 6.63. The van der Waals surface area contributed by atoms with E-state index in [4.69, 9.17) is 9.79 Å². The normalized spacial score (nSPS) is 11.1. The lowest BCUT2D eigenvalue weighted by atomic mass is 9.95. The Balaban J connectivity index is 2.82. The van der Waals surface area contributed by atoms with Gasteiger partial charge in [0.25, 0.3) is 5.56 Å². The van der Waals surface area contributed by atoms with Gasteiger partial charge in [-0.2, -0.15) is 5.26 Å². The lowest BCUT2D eigenvalue weighted by Gasteiger charge is -2.20. The molecule has 0 bridgehead atoms. The quantitative estimate of drug-likeness (QED) is 0.516. The van der Waals surface area contributed by atoms with Crippen LogP contribution < -0.4 is 11.2 Å². The van der Waals surface area contributed by atoms with Crippen molar-refractivity contribution in [2.24, 2.45) is 0 Å². The third kappa shape index (κ3) is 4.69. The zero-order valence-corrected chi connectivity index (χ0v) is 17.4. The van der Waals surface area contributed by atoms with Gasteiger partial charge in [-0.1, -0.05) is 13.8 Å². The van der Waals surface area contributed by atoms with Gasteiger partial charge in [0.1, 0.15) is 12.4 Å². The maximum Gasteiger partial charge on any atom is 0.333 e. The van der Waals surface area contributed by atoms with E-state index in [0.717, 1.165) is 9.13 Å². The number of nitrogens with zero attached hydrogens (tertiary/aromatic N) is 3. The minimum Gasteiger partial charge on any atom is -0.328 e. The van der Waals surface area contributed by atoms with E-state index in [2.05, 4.69) is 4.52 Å². The van der Waals surface area contributed by atoms with Crippen LogP contribution in [0.2, 0.25) is 0 Å². The molecule has 0 amide bonds. The van der Waals surface area contributed by atoms with Gasteiger partial charge in [0, 0.05) is 17.7 Å². The fraction of sp³-hybridized carbons (Fsp3) is 0.368. The van der Waals surface area contributed by atoms with Crippen LogP contribution in [0, 0.1) is 18.3 Å². The van der Waals surface area contributed by atoms with Crippen molar-refractivity contribution < 1.29 is 19.1 Å². The molecule has 1 heterocycles. The Labute approximate surface area is 168 Å². The second-order valence-corrected chi connectivity index (χ2v) is 7.48. The van der Waals surface area contributed by atoms with E-state index in [1.165, 1.54) is 6.07 Å². The molecule has 2 rings (SSSR count). The van der Waals surface area contributed by atoms with E-state index in [-0.39, 0.29) is 23.4 Å². The number of benzene rings is 1. The second kappa shape index (κ2) is 9.25. The summed E-state index contributed by atoms with van der Waals surface area (Å²) in [6.07, 6.45) is 0. The van der Waals surface area contributed by atoms with Crippen LogP contribution >= 0.6 is 8.60 Å². The van der Waals surface area contributed by atoms with Crippen LogP contribution in [-0.2, 0) is 17.8 Å². The summed E-state index contributed by atoms with van der Waals surface area (Å²) in [5.41, 5.74) is -0.263. The van der Waals surface area contributed by atoms with E-state index in [1.54, 1.807) is 39.8 Å². The van der Waals surface area contributed by atoms with E-state index >= 15 is 0 Å². The van der Waals surface area contributed by atoms with Gasteiger partial charge < -0.3 is 9.79 Å². The number of aryl methyl sites for hydroxylation is 1. The van der Waals surface area contributed by atoms with E-state index in [1.807, 2.05) is 6.07 Å². The van der Waals surface area contributed by atoms with Gasteiger partial charge in [0.05, 0.1) is 11.6 Å². The highest BCUT2D eigenvalue weighted by molar-refractivity contribution is 7.39. The monoisotopic (exact) mass is 419 g/mol. The molecule has 2 N–H and O–H groups in total. The molecule has 0 atom stereocenters. The van der Waals surface area contributed by atoms with Gasteiger partial charge in [-0.25, -0.2) is 9.36 Å². The number of hydrogen-bond acceptors (Lipinski definition) is 7. The number of aromatic nitrogens is 2. The van der Waals surface area contributed by atoms with Crippen LogP contribution in [0.1, 0.15) is 59.4 Å². The van der Waals surface area contributed by atoms with E-state index in [9.17, 15) is 19.6 Å². The van der Waals surface area contributed by atoms with Gasteiger partial charge in [0.15, 0.2) is 0 Å². The van der Waals surface area contributed by atoms with Crippen molar-refractivity contribution in [1.29, 1.82) is 5.26 Å². The van der Waals surface area contributed by atoms with Crippen molar-refractivity contribution in [3.63, 3.8) is 0 Å². The standard InChI is InChI=1S/C19H22N3O6P/c1-5-21-16(17(23)14-7-12(4)6-13(8-14)9-20)15(11(2)3)18(24)22(19(21)25)10-28-29(26)27/h6-8,11,26-27H,5,10H2,1-4H3. The molecule has 0 spiro atoms. The molecule has 0 aliphatic heterocycles. The fourth-order valence-corrected chi connectivity index (χ4v) is 3.34. The van der Waals surface area contributed by atoms with Gasteiger partial charge in [-0.3, -0.25) is 18.7 Å². The maximum atomic E-state index is 13.3. The Kier molecular flexibility index (Phi) is 7.22. The number of rotatable bonds is 7. The first kappa shape index (κ1) is 22.7. The van der Waals surface area contributed by atoms with Gasteiger partial charge in [-0.05, 0) is 43.5 Å². The molecule has 0 radical (unpaired) electrons. The zero-order valence-electron chi connectivity index (χ0n) is 16.5. The minimum absolute atomic E-state index is 0.0431. The fourth-order valence-electron chi connectivity index (χ4n) is 3.12.